The molecule has 5 heteroatoms. The number of pyridine rings is 1. The van der Waals surface area contributed by atoms with E-state index >= 15 is 0 Å². The molecule has 2 aromatic rings. The fourth-order valence-electron chi connectivity index (χ4n) is 2.04. The maximum absolute atomic E-state index is 12.1. The van der Waals surface area contributed by atoms with Gasteiger partial charge < -0.3 is 4.74 Å². The zero-order valence-corrected chi connectivity index (χ0v) is 9.43. The smallest absolute Gasteiger partial charge is 0.346 e. The lowest BCUT2D eigenvalue weighted by atomic mass is 10.0. The zero-order chi connectivity index (χ0) is 12.2. The van der Waals surface area contributed by atoms with Crippen LogP contribution < -0.4 is 5.56 Å². The van der Waals surface area contributed by atoms with Crippen molar-refractivity contribution in [3.63, 3.8) is 0 Å². The molecule has 1 aliphatic rings. The third-order valence-corrected chi connectivity index (χ3v) is 2.86. The molecule has 0 saturated heterocycles. The van der Waals surface area contributed by atoms with Gasteiger partial charge in [-0.3, -0.25) is 9.20 Å². The number of ether oxygens (including phenoxy) is 1. The Hall–Kier alpha value is -2.17. The van der Waals surface area contributed by atoms with Crippen LogP contribution in [0.5, 0.6) is 0 Å². The summed E-state index contributed by atoms with van der Waals surface area (Å²) in [6.07, 6.45) is 1.59. The number of hydrogen-bond donors (Lipinski definition) is 0. The van der Waals surface area contributed by atoms with Crippen LogP contribution in [0.2, 0.25) is 0 Å². The summed E-state index contributed by atoms with van der Waals surface area (Å²) in [5.41, 5.74) is -0.239. The molecule has 0 unspecified atom stereocenters. The number of carbonyl (C=O) groups is 1. The number of rotatable bonds is 0. The number of fused-ring (bicyclic) bond motifs is 2. The summed E-state index contributed by atoms with van der Waals surface area (Å²) in [6.45, 7) is 3.45. The number of hydrogen-bond acceptors (Lipinski definition) is 4. The zero-order valence-electron chi connectivity index (χ0n) is 9.43. The summed E-state index contributed by atoms with van der Waals surface area (Å²) in [5, 5.41) is 0. The minimum atomic E-state index is -0.837. The van der Waals surface area contributed by atoms with Crippen LogP contribution in [-0.4, -0.2) is 15.4 Å². The molecule has 1 aliphatic heterocycles. The van der Waals surface area contributed by atoms with E-state index in [9.17, 15) is 9.59 Å². The largest absolute Gasteiger partial charge is 0.449 e. The fraction of sp³-hybridized carbons (Fsp3) is 0.250. The van der Waals surface area contributed by atoms with Crippen molar-refractivity contribution in [2.75, 3.05) is 0 Å². The average molecular weight is 230 g/mol. The van der Waals surface area contributed by atoms with Crippen molar-refractivity contribution in [1.29, 1.82) is 0 Å². The Morgan fingerprint density at radius 2 is 2.06 bits per heavy atom. The van der Waals surface area contributed by atoms with Crippen LogP contribution in [0.15, 0.2) is 29.2 Å². The summed E-state index contributed by atoms with van der Waals surface area (Å²) in [7, 11) is 0. The van der Waals surface area contributed by atoms with Crippen LogP contribution in [0.3, 0.4) is 0 Å². The maximum atomic E-state index is 12.1. The number of esters is 1. The topological polar surface area (TPSA) is 60.7 Å². The highest BCUT2D eigenvalue weighted by Crippen LogP contribution is 2.32. The highest BCUT2D eigenvalue weighted by molar-refractivity contribution is 5.93. The Kier molecular flexibility index (Phi) is 1.73. The monoisotopic (exact) mass is 230 g/mol. The molecule has 0 saturated carbocycles. The minimum Gasteiger partial charge on any atom is -0.449 e. The van der Waals surface area contributed by atoms with Gasteiger partial charge in [-0.25, -0.2) is 9.78 Å². The van der Waals surface area contributed by atoms with E-state index in [-0.39, 0.29) is 11.1 Å². The number of cyclic esters (lactones) is 1. The van der Waals surface area contributed by atoms with Gasteiger partial charge in [-0.05, 0) is 26.0 Å². The van der Waals surface area contributed by atoms with Gasteiger partial charge in [0.2, 0.25) is 0 Å². The van der Waals surface area contributed by atoms with Crippen molar-refractivity contribution in [3.05, 3.63) is 46.0 Å². The number of aromatic nitrogens is 2. The first-order valence-electron chi connectivity index (χ1n) is 5.26. The third-order valence-electron chi connectivity index (χ3n) is 2.86. The lowest BCUT2D eigenvalue weighted by Crippen LogP contribution is -2.23. The molecule has 0 amide bonds. The maximum Gasteiger partial charge on any atom is 0.346 e. The second-order valence-electron chi connectivity index (χ2n) is 4.47. The van der Waals surface area contributed by atoms with Crippen LogP contribution in [0, 0.1) is 0 Å². The molecule has 0 spiro atoms. The molecule has 3 heterocycles. The summed E-state index contributed by atoms with van der Waals surface area (Å²) in [5.74, 6) is -0.597. The Morgan fingerprint density at radius 1 is 1.29 bits per heavy atom. The normalized spacial score (nSPS) is 16.9. The predicted octanol–water partition coefficient (Wildman–Crippen LogP) is 1.10. The van der Waals surface area contributed by atoms with Crippen molar-refractivity contribution in [2.24, 2.45) is 0 Å². The molecule has 0 aliphatic carbocycles. The van der Waals surface area contributed by atoms with Crippen LogP contribution in [0.25, 0.3) is 5.65 Å². The van der Waals surface area contributed by atoms with Crippen molar-refractivity contribution >= 4 is 11.6 Å². The van der Waals surface area contributed by atoms with Crippen molar-refractivity contribution in [3.8, 4) is 0 Å². The molecule has 5 nitrogen and oxygen atoms in total. The first-order chi connectivity index (χ1) is 8.00. The summed E-state index contributed by atoms with van der Waals surface area (Å²) >= 11 is 0. The molecule has 0 fully saturated rings. The van der Waals surface area contributed by atoms with E-state index in [2.05, 4.69) is 4.98 Å². The highest BCUT2D eigenvalue weighted by Gasteiger charge is 2.42. The third kappa shape index (κ3) is 1.22. The van der Waals surface area contributed by atoms with Crippen LogP contribution >= 0.6 is 0 Å². The summed E-state index contributed by atoms with van der Waals surface area (Å²) in [4.78, 5) is 28.1. The van der Waals surface area contributed by atoms with E-state index in [4.69, 9.17) is 4.74 Å². The van der Waals surface area contributed by atoms with E-state index < -0.39 is 11.6 Å². The lowest BCUT2D eigenvalue weighted by molar-refractivity contribution is 0.00834. The average Bonchev–Trinajstić information content (AvgIpc) is 2.50. The Bertz CT molecular complexity index is 700. The van der Waals surface area contributed by atoms with Gasteiger partial charge in [-0.15, -0.1) is 0 Å². The molecular weight excluding hydrogens is 220 g/mol. The molecule has 86 valence electrons. The second kappa shape index (κ2) is 2.94. The Morgan fingerprint density at radius 3 is 2.82 bits per heavy atom. The molecule has 0 bridgehead atoms. The lowest BCUT2D eigenvalue weighted by Gasteiger charge is -2.16. The quantitative estimate of drug-likeness (QED) is 0.636. The molecular formula is C12H10N2O3. The van der Waals surface area contributed by atoms with E-state index in [1.165, 1.54) is 4.40 Å². The molecule has 0 radical (unpaired) electrons. The number of carbonyl (C=O) groups excluding carboxylic acids is 1. The van der Waals surface area contributed by atoms with E-state index in [1.54, 1.807) is 38.2 Å². The Labute approximate surface area is 96.7 Å². The minimum absolute atomic E-state index is 0.0405. The molecule has 0 atom stereocenters. The SMILES string of the molecule is CC1(C)OC(=O)c2c1nc1ccccn1c2=O. The molecule has 2 aromatic heterocycles. The van der Waals surface area contributed by atoms with Crippen molar-refractivity contribution in [2.45, 2.75) is 19.4 Å². The first kappa shape index (κ1) is 10.0. The van der Waals surface area contributed by atoms with E-state index in [1.807, 2.05) is 0 Å². The summed E-state index contributed by atoms with van der Waals surface area (Å²) in [6, 6.07) is 5.23. The predicted molar refractivity (Wildman–Crippen MR) is 59.9 cm³/mol. The van der Waals surface area contributed by atoms with E-state index in [0.717, 1.165) is 0 Å². The van der Waals surface area contributed by atoms with Crippen LogP contribution in [0.4, 0.5) is 0 Å². The molecule has 17 heavy (non-hydrogen) atoms. The van der Waals surface area contributed by atoms with Crippen molar-refractivity contribution in [1.82, 2.24) is 9.38 Å². The van der Waals surface area contributed by atoms with Gasteiger partial charge in [0.1, 0.15) is 16.9 Å². The van der Waals surface area contributed by atoms with Gasteiger partial charge >= 0.3 is 5.97 Å². The Balaban J connectivity index is 2.51. The second-order valence-corrected chi connectivity index (χ2v) is 4.47. The molecule has 0 N–H and O–H groups in total. The highest BCUT2D eigenvalue weighted by atomic mass is 16.6. The van der Waals surface area contributed by atoms with Gasteiger partial charge in [-0.2, -0.15) is 0 Å². The van der Waals surface area contributed by atoms with Gasteiger partial charge in [0.15, 0.2) is 5.56 Å². The van der Waals surface area contributed by atoms with Gasteiger partial charge in [0.05, 0.1) is 0 Å². The van der Waals surface area contributed by atoms with Crippen molar-refractivity contribution < 1.29 is 9.53 Å². The van der Waals surface area contributed by atoms with Gasteiger partial charge in [0.25, 0.3) is 5.56 Å². The summed E-state index contributed by atoms with van der Waals surface area (Å²) < 4.78 is 6.51. The van der Waals surface area contributed by atoms with Crippen LogP contribution in [-0.2, 0) is 10.3 Å². The van der Waals surface area contributed by atoms with Gasteiger partial charge in [0, 0.05) is 6.20 Å². The fourth-order valence-corrected chi connectivity index (χ4v) is 2.04. The number of nitrogens with zero attached hydrogens (tertiary/aromatic N) is 2. The van der Waals surface area contributed by atoms with E-state index in [0.29, 0.717) is 11.3 Å². The standard InChI is InChI=1S/C12H10N2O3/c1-12(2)9-8(11(16)17-12)10(15)14-6-4-3-5-7(14)13-9/h3-6H,1-2H3. The first-order valence-corrected chi connectivity index (χ1v) is 5.26. The van der Waals surface area contributed by atoms with Gasteiger partial charge in [-0.1, -0.05) is 6.07 Å². The van der Waals surface area contributed by atoms with Crippen LogP contribution in [0.1, 0.15) is 29.9 Å². The molecule has 0 aromatic carbocycles. The molecule has 3 rings (SSSR count).